The summed E-state index contributed by atoms with van der Waals surface area (Å²) in [5.41, 5.74) is -0.451. The Bertz CT molecular complexity index is 526. The molecule has 0 saturated carbocycles. The highest BCUT2D eigenvalue weighted by atomic mass is 28.3. The highest BCUT2D eigenvalue weighted by Crippen LogP contribution is 2.38. The molecule has 1 aromatic heterocycles. The van der Waals surface area contributed by atoms with E-state index in [1.54, 1.807) is 6.08 Å². The summed E-state index contributed by atoms with van der Waals surface area (Å²) in [6.07, 6.45) is 5.37. The molecule has 0 aliphatic heterocycles. The van der Waals surface area contributed by atoms with Crippen molar-refractivity contribution in [3.05, 3.63) is 36.5 Å². The fourth-order valence-corrected chi connectivity index (χ4v) is 5.21. The molecular weight excluding hydrogens is 290 g/mol. The van der Waals surface area contributed by atoms with Gasteiger partial charge in [0.15, 0.2) is 0 Å². The van der Waals surface area contributed by atoms with E-state index in [-0.39, 0.29) is 11.0 Å². The molecule has 1 unspecified atom stereocenters. The van der Waals surface area contributed by atoms with Crippen LogP contribution >= 0.6 is 0 Å². The van der Waals surface area contributed by atoms with E-state index >= 15 is 0 Å². The Balaban J connectivity index is 2.91. The van der Waals surface area contributed by atoms with Gasteiger partial charge in [-0.1, -0.05) is 39.5 Å². The fourth-order valence-electron chi connectivity index (χ4n) is 2.21. The van der Waals surface area contributed by atoms with Crippen molar-refractivity contribution in [2.75, 3.05) is 0 Å². The molecule has 3 nitrogen and oxygen atoms in total. The van der Waals surface area contributed by atoms with Gasteiger partial charge in [-0.05, 0) is 44.0 Å². The molecule has 0 aliphatic carbocycles. The minimum Gasteiger partial charge on any atom is -0.457 e. The second-order valence-electron chi connectivity index (χ2n) is 7.94. The predicted octanol–water partition coefficient (Wildman–Crippen LogP) is 4.07. The van der Waals surface area contributed by atoms with E-state index in [0.717, 1.165) is 6.04 Å². The number of pyridine rings is 1. The Hall–Kier alpha value is -1.42. The first-order chi connectivity index (χ1) is 9.96. The Labute approximate surface area is 135 Å². The molecule has 22 heavy (non-hydrogen) atoms. The number of ether oxygens (including phenoxy) is 1. The van der Waals surface area contributed by atoms with Gasteiger partial charge in [-0.25, -0.2) is 4.79 Å². The maximum absolute atomic E-state index is 11.8. The van der Waals surface area contributed by atoms with Gasteiger partial charge < -0.3 is 4.74 Å². The van der Waals surface area contributed by atoms with Crippen LogP contribution in [0.4, 0.5) is 0 Å². The summed E-state index contributed by atoms with van der Waals surface area (Å²) in [5.74, 6) is -0.279. The van der Waals surface area contributed by atoms with Gasteiger partial charge in [-0.2, -0.15) is 0 Å². The second kappa shape index (κ2) is 6.78. The molecule has 0 aromatic carbocycles. The van der Waals surface area contributed by atoms with Crippen LogP contribution in [0.2, 0.25) is 17.6 Å². The summed E-state index contributed by atoms with van der Waals surface area (Å²) in [6, 6.07) is 6.96. The molecule has 0 radical (unpaired) electrons. The van der Waals surface area contributed by atoms with E-state index < -0.39 is 13.7 Å². The van der Waals surface area contributed by atoms with Gasteiger partial charge >= 0.3 is 5.97 Å². The van der Waals surface area contributed by atoms with Gasteiger partial charge in [0.25, 0.3) is 0 Å². The monoisotopic (exact) mass is 319 g/mol. The molecule has 0 bridgehead atoms. The van der Waals surface area contributed by atoms with Crippen LogP contribution in [0.3, 0.4) is 0 Å². The number of carbonyl (C=O) groups is 1. The van der Waals surface area contributed by atoms with Gasteiger partial charge in [0.05, 0.1) is 0 Å². The molecule has 1 aromatic rings. The minimum atomic E-state index is -1.86. The Kier molecular flexibility index (Phi) is 5.74. The zero-order valence-electron chi connectivity index (χ0n) is 14.9. The molecule has 0 fully saturated rings. The first-order valence-electron chi connectivity index (χ1n) is 7.77. The van der Waals surface area contributed by atoms with Crippen LogP contribution in [-0.4, -0.2) is 24.6 Å². The van der Waals surface area contributed by atoms with Crippen molar-refractivity contribution in [2.45, 2.75) is 64.8 Å². The second-order valence-corrected chi connectivity index (χ2v) is 13.0. The zero-order chi connectivity index (χ0) is 17.0. The van der Waals surface area contributed by atoms with Crippen molar-refractivity contribution in [3.8, 4) is 0 Å². The molecule has 0 spiro atoms. The molecule has 0 aliphatic rings. The summed E-state index contributed by atoms with van der Waals surface area (Å²) in [4.78, 5) is 16.4. The third-order valence-electron chi connectivity index (χ3n) is 4.07. The third kappa shape index (κ3) is 5.09. The number of aromatic nitrogens is 1. The SMILES string of the molecule is CC(C)(C)OC(=O)/C=C/C[Si](C)(c1ccccn1)C(C)(C)C. The molecule has 1 rings (SSSR count). The topological polar surface area (TPSA) is 39.2 Å². The Morgan fingerprint density at radius 2 is 1.86 bits per heavy atom. The fraction of sp³-hybridized carbons (Fsp3) is 0.556. The molecule has 1 atom stereocenters. The number of rotatable bonds is 4. The molecule has 1 heterocycles. The van der Waals surface area contributed by atoms with Crippen molar-refractivity contribution >= 4 is 19.4 Å². The van der Waals surface area contributed by atoms with Crippen LogP contribution in [0.5, 0.6) is 0 Å². The standard InChI is InChI=1S/C18H29NO2Si/c1-17(2,3)21-16(20)12-10-14-22(7,18(4,5)6)15-11-8-9-13-19-15/h8-13H,14H2,1-7H3/b12-10+. The predicted molar refractivity (Wildman–Crippen MR) is 95.0 cm³/mol. The van der Waals surface area contributed by atoms with Crippen LogP contribution in [0.25, 0.3) is 0 Å². The van der Waals surface area contributed by atoms with E-state index in [1.807, 2.05) is 45.2 Å². The molecule has 4 heteroatoms. The van der Waals surface area contributed by atoms with Gasteiger partial charge in [-0.15, -0.1) is 0 Å². The first kappa shape index (κ1) is 18.6. The smallest absolute Gasteiger partial charge is 0.330 e. The van der Waals surface area contributed by atoms with Crippen molar-refractivity contribution in [3.63, 3.8) is 0 Å². The summed E-state index contributed by atoms with van der Waals surface area (Å²) in [5, 5.41) is 1.33. The number of allylic oxidation sites excluding steroid dienone is 1. The number of hydrogen-bond acceptors (Lipinski definition) is 3. The van der Waals surface area contributed by atoms with Crippen LogP contribution in [0, 0.1) is 0 Å². The van der Waals surface area contributed by atoms with Crippen molar-refractivity contribution < 1.29 is 9.53 Å². The lowest BCUT2D eigenvalue weighted by Gasteiger charge is -2.39. The highest BCUT2D eigenvalue weighted by molar-refractivity contribution is 6.92. The lowest BCUT2D eigenvalue weighted by atomic mass is 10.2. The van der Waals surface area contributed by atoms with Gasteiger partial charge in [-0.3, -0.25) is 4.98 Å². The van der Waals surface area contributed by atoms with Crippen molar-refractivity contribution in [1.29, 1.82) is 0 Å². The quantitative estimate of drug-likeness (QED) is 0.477. The Morgan fingerprint density at radius 1 is 1.23 bits per heavy atom. The average Bonchev–Trinajstić information content (AvgIpc) is 2.36. The number of nitrogens with zero attached hydrogens (tertiary/aromatic N) is 1. The number of hydrogen-bond donors (Lipinski definition) is 0. The summed E-state index contributed by atoms with van der Waals surface area (Å²) in [7, 11) is -1.86. The van der Waals surface area contributed by atoms with Gasteiger partial charge in [0.1, 0.15) is 13.7 Å². The maximum Gasteiger partial charge on any atom is 0.330 e. The lowest BCUT2D eigenvalue weighted by molar-refractivity contribution is -0.148. The third-order valence-corrected chi connectivity index (χ3v) is 9.86. The summed E-state index contributed by atoms with van der Waals surface area (Å²) >= 11 is 0. The van der Waals surface area contributed by atoms with Crippen LogP contribution in [0.1, 0.15) is 41.5 Å². The minimum absolute atomic E-state index is 0.152. The van der Waals surface area contributed by atoms with E-state index in [2.05, 4.69) is 38.4 Å². The molecule has 0 N–H and O–H groups in total. The summed E-state index contributed by atoms with van der Waals surface area (Å²) < 4.78 is 5.32. The average molecular weight is 320 g/mol. The lowest BCUT2D eigenvalue weighted by Crippen LogP contribution is -2.53. The summed E-state index contributed by atoms with van der Waals surface area (Å²) in [6.45, 7) is 14.7. The molecule has 122 valence electrons. The zero-order valence-corrected chi connectivity index (χ0v) is 15.9. The molecular formula is C18H29NO2Si. The highest BCUT2D eigenvalue weighted by Gasteiger charge is 2.41. The van der Waals surface area contributed by atoms with Crippen molar-refractivity contribution in [1.82, 2.24) is 4.98 Å². The van der Waals surface area contributed by atoms with E-state index in [1.165, 1.54) is 5.32 Å². The van der Waals surface area contributed by atoms with Crippen LogP contribution in [0.15, 0.2) is 36.5 Å². The van der Waals surface area contributed by atoms with E-state index in [9.17, 15) is 4.79 Å². The number of esters is 1. The Morgan fingerprint density at radius 3 is 2.32 bits per heavy atom. The van der Waals surface area contributed by atoms with Gasteiger partial charge in [0.2, 0.25) is 0 Å². The van der Waals surface area contributed by atoms with E-state index in [0.29, 0.717) is 0 Å². The number of carbonyl (C=O) groups excluding carboxylic acids is 1. The maximum atomic E-state index is 11.8. The molecule has 0 saturated heterocycles. The first-order valence-corrected chi connectivity index (χ1v) is 10.5. The van der Waals surface area contributed by atoms with Crippen molar-refractivity contribution in [2.24, 2.45) is 0 Å². The molecule has 0 amide bonds. The van der Waals surface area contributed by atoms with Crippen LogP contribution in [-0.2, 0) is 9.53 Å². The normalized spacial score (nSPS) is 15.6. The van der Waals surface area contributed by atoms with Gasteiger partial charge in [0, 0.05) is 17.6 Å². The largest absolute Gasteiger partial charge is 0.457 e. The van der Waals surface area contributed by atoms with Crippen LogP contribution < -0.4 is 5.32 Å². The van der Waals surface area contributed by atoms with E-state index in [4.69, 9.17) is 4.74 Å².